The third kappa shape index (κ3) is 4.46. The lowest BCUT2D eigenvalue weighted by atomic mass is 10.0. The fraction of sp³-hybridized carbons (Fsp3) is 0.0476. The second kappa shape index (κ2) is 10.9. The summed E-state index contributed by atoms with van der Waals surface area (Å²) >= 11 is 0. The largest absolute Gasteiger partial charge is 0.457 e. The number of hydrogen-bond donors (Lipinski definition) is 0. The summed E-state index contributed by atoms with van der Waals surface area (Å²) in [5.74, 6) is 1.49. The molecule has 5 aromatic carbocycles. The molecule has 0 radical (unpaired) electrons. The second-order valence-corrected chi connectivity index (χ2v) is 12.5. The predicted octanol–water partition coefficient (Wildman–Crippen LogP) is 10.7. The van der Waals surface area contributed by atoms with Gasteiger partial charge in [-0.1, -0.05) is 54.6 Å². The molecule has 6 heteroatoms. The summed E-state index contributed by atoms with van der Waals surface area (Å²) in [7, 11) is 4.54. The fourth-order valence-corrected chi connectivity index (χ4v) is 7.07. The lowest BCUT2D eigenvalue weighted by Crippen LogP contribution is -2.39. The van der Waals surface area contributed by atoms with Crippen LogP contribution in [0.1, 0.15) is 0 Å². The van der Waals surface area contributed by atoms with E-state index in [1.54, 1.807) is 6.20 Å². The highest BCUT2D eigenvalue weighted by atomic mass is 16.5. The van der Waals surface area contributed by atoms with E-state index in [4.69, 9.17) is 9.72 Å². The van der Waals surface area contributed by atoms with Crippen molar-refractivity contribution in [3.8, 4) is 28.4 Å². The summed E-state index contributed by atoms with van der Waals surface area (Å²) in [5, 5.41) is 2.26. The molecule has 3 aromatic heterocycles. The second-order valence-electron chi connectivity index (χ2n) is 12.5. The first-order valence-electron chi connectivity index (χ1n) is 16.1. The van der Waals surface area contributed by atoms with Gasteiger partial charge in [-0.15, -0.1) is 0 Å². The standard InChI is InChI=1S/C42H32N5O/c1-47(2)40-22-7-6-21-37(40)45(30-14-4-3-5-15-30)39-28-38-35(27-41(39)47)34-19-12-24-44-42(34)46(38)31-16-11-18-33(26-31)48-32-17-10-13-29(25-32)36-20-8-9-23-43-36/h3-28H,1-2H3/q+1. The van der Waals surface area contributed by atoms with Gasteiger partial charge in [-0.2, -0.15) is 0 Å². The van der Waals surface area contributed by atoms with Crippen molar-refractivity contribution >= 4 is 50.4 Å². The van der Waals surface area contributed by atoms with Gasteiger partial charge in [0.15, 0.2) is 11.4 Å². The summed E-state index contributed by atoms with van der Waals surface area (Å²) in [6.45, 7) is 0. The number of fused-ring (bicyclic) bond motifs is 5. The van der Waals surface area contributed by atoms with Gasteiger partial charge in [-0.25, -0.2) is 4.98 Å². The molecular weight excluding hydrogens is 590 g/mol. The number of quaternary nitrogens is 1. The molecule has 1 aliphatic heterocycles. The number of aromatic nitrogens is 3. The van der Waals surface area contributed by atoms with Crippen molar-refractivity contribution in [3.05, 3.63) is 158 Å². The molecule has 0 saturated carbocycles. The van der Waals surface area contributed by atoms with Gasteiger partial charge in [0.25, 0.3) is 0 Å². The van der Waals surface area contributed by atoms with E-state index in [1.807, 2.05) is 66.9 Å². The van der Waals surface area contributed by atoms with E-state index in [0.29, 0.717) is 4.48 Å². The lowest BCUT2D eigenvalue weighted by Gasteiger charge is -2.41. The Kier molecular flexibility index (Phi) is 6.38. The zero-order chi connectivity index (χ0) is 32.2. The summed E-state index contributed by atoms with van der Waals surface area (Å²) in [5.41, 5.74) is 10.8. The first kappa shape index (κ1) is 28.0. The number of pyridine rings is 2. The molecule has 0 saturated heterocycles. The van der Waals surface area contributed by atoms with Crippen LogP contribution in [0.15, 0.2) is 158 Å². The van der Waals surface area contributed by atoms with E-state index < -0.39 is 0 Å². The van der Waals surface area contributed by atoms with Gasteiger partial charge in [-0.05, 0) is 72.8 Å². The normalized spacial score (nSPS) is 13.3. The molecule has 9 rings (SSSR count). The first-order valence-corrected chi connectivity index (χ1v) is 16.1. The van der Waals surface area contributed by atoms with Gasteiger partial charge in [0.05, 0.1) is 31.0 Å². The Morgan fingerprint density at radius 2 is 1.29 bits per heavy atom. The Morgan fingerprint density at radius 3 is 2.15 bits per heavy atom. The highest BCUT2D eigenvalue weighted by Gasteiger charge is 2.39. The van der Waals surface area contributed by atoms with E-state index >= 15 is 0 Å². The Hall–Kier alpha value is -6.24. The smallest absolute Gasteiger partial charge is 0.162 e. The average Bonchev–Trinajstić information content (AvgIpc) is 3.46. The van der Waals surface area contributed by atoms with Crippen LogP contribution >= 0.6 is 0 Å². The van der Waals surface area contributed by atoms with Crippen LogP contribution in [0.4, 0.5) is 28.4 Å². The topological polar surface area (TPSA) is 43.2 Å². The highest BCUT2D eigenvalue weighted by Crippen LogP contribution is 2.55. The van der Waals surface area contributed by atoms with Crippen LogP contribution in [0.3, 0.4) is 0 Å². The summed E-state index contributed by atoms with van der Waals surface area (Å²) < 4.78 is 9.34. The molecule has 8 aromatic rings. The Labute approximate surface area is 279 Å². The quantitative estimate of drug-likeness (QED) is 0.179. The van der Waals surface area contributed by atoms with E-state index in [2.05, 4.69) is 113 Å². The molecule has 0 amide bonds. The molecule has 0 fully saturated rings. The summed E-state index contributed by atoms with van der Waals surface area (Å²) in [6, 6.07) is 50.4. The molecular formula is C42H32N5O+. The van der Waals surface area contributed by atoms with Gasteiger partial charge in [-0.3, -0.25) is 18.9 Å². The van der Waals surface area contributed by atoms with Crippen LogP contribution in [0.5, 0.6) is 11.5 Å². The van der Waals surface area contributed by atoms with Crippen LogP contribution in [-0.4, -0.2) is 28.6 Å². The summed E-state index contributed by atoms with van der Waals surface area (Å²) in [4.78, 5) is 11.8. The van der Waals surface area contributed by atoms with E-state index in [0.717, 1.165) is 61.8 Å². The van der Waals surface area contributed by atoms with Gasteiger partial charge in [0.2, 0.25) is 0 Å². The van der Waals surface area contributed by atoms with Crippen molar-refractivity contribution < 1.29 is 4.74 Å². The highest BCUT2D eigenvalue weighted by molar-refractivity contribution is 6.12. The molecule has 0 spiro atoms. The van der Waals surface area contributed by atoms with Crippen molar-refractivity contribution in [2.45, 2.75) is 0 Å². The minimum absolute atomic E-state index is 0.624. The number of hydrogen-bond acceptors (Lipinski definition) is 4. The SMILES string of the molecule is C[N+]1(C)c2ccccc2N(c2ccccc2)c2cc3c(cc21)c1cccnc1n3-c1cccc(Oc2cccc(-c3ccccn3)c2)c1. The zero-order valence-electron chi connectivity index (χ0n) is 26.7. The first-order chi connectivity index (χ1) is 23.6. The Morgan fingerprint density at radius 1 is 0.542 bits per heavy atom. The lowest BCUT2D eigenvalue weighted by molar-refractivity contribution is 0.482. The molecule has 0 aliphatic carbocycles. The van der Waals surface area contributed by atoms with E-state index in [1.165, 1.54) is 17.1 Å². The van der Waals surface area contributed by atoms with Crippen LogP contribution in [-0.2, 0) is 0 Å². The maximum atomic E-state index is 6.46. The number of rotatable bonds is 5. The number of benzene rings is 5. The van der Waals surface area contributed by atoms with Gasteiger partial charge in [0.1, 0.15) is 28.5 Å². The third-order valence-corrected chi connectivity index (χ3v) is 9.31. The molecule has 0 bridgehead atoms. The molecule has 0 N–H and O–H groups in total. The third-order valence-electron chi connectivity index (χ3n) is 9.31. The minimum atomic E-state index is 0.624. The van der Waals surface area contributed by atoms with E-state index in [9.17, 15) is 0 Å². The zero-order valence-corrected chi connectivity index (χ0v) is 26.7. The molecule has 1 aliphatic rings. The molecule has 0 atom stereocenters. The predicted molar refractivity (Wildman–Crippen MR) is 196 cm³/mol. The van der Waals surface area contributed by atoms with Gasteiger partial charge in [0, 0.05) is 52.6 Å². The fourth-order valence-electron chi connectivity index (χ4n) is 7.07. The van der Waals surface area contributed by atoms with Crippen molar-refractivity contribution in [1.29, 1.82) is 0 Å². The monoisotopic (exact) mass is 622 g/mol. The van der Waals surface area contributed by atoms with Gasteiger partial charge < -0.3 is 4.74 Å². The number of para-hydroxylation sites is 3. The van der Waals surface area contributed by atoms with Crippen LogP contribution < -0.4 is 14.1 Å². The van der Waals surface area contributed by atoms with Crippen molar-refractivity contribution in [2.75, 3.05) is 19.0 Å². The van der Waals surface area contributed by atoms with Crippen molar-refractivity contribution in [3.63, 3.8) is 0 Å². The van der Waals surface area contributed by atoms with Gasteiger partial charge >= 0.3 is 0 Å². The molecule has 0 unspecified atom stereocenters. The Balaban J connectivity index is 1.22. The molecule has 48 heavy (non-hydrogen) atoms. The number of anilines is 3. The van der Waals surface area contributed by atoms with Crippen LogP contribution in [0.2, 0.25) is 0 Å². The van der Waals surface area contributed by atoms with Crippen LogP contribution in [0, 0.1) is 0 Å². The Bertz CT molecular complexity index is 2470. The van der Waals surface area contributed by atoms with Crippen molar-refractivity contribution in [2.24, 2.45) is 0 Å². The number of ether oxygens (including phenoxy) is 1. The maximum absolute atomic E-state index is 6.46. The summed E-state index contributed by atoms with van der Waals surface area (Å²) in [6.07, 6.45) is 3.67. The van der Waals surface area contributed by atoms with E-state index in [-0.39, 0.29) is 0 Å². The average molecular weight is 623 g/mol. The van der Waals surface area contributed by atoms with Crippen molar-refractivity contribution in [1.82, 2.24) is 19.0 Å². The molecule has 230 valence electrons. The number of nitrogens with zero attached hydrogens (tertiary/aromatic N) is 5. The molecule has 4 heterocycles. The maximum Gasteiger partial charge on any atom is 0.162 e. The molecule has 6 nitrogen and oxygen atoms in total. The minimum Gasteiger partial charge on any atom is -0.457 e. The van der Waals surface area contributed by atoms with Crippen LogP contribution in [0.25, 0.3) is 38.9 Å².